The molecule has 3 heterocycles. The molecule has 3 aliphatic rings. The normalized spacial score (nSPS) is 35.5. The quantitative estimate of drug-likeness (QED) is 0.853. The molecule has 0 radical (unpaired) electrons. The van der Waals surface area contributed by atoms with Crippen molar-refractivity contribution in [3.05, 3.63) is 29.8 Å². The van der Waals surface area contributed by atoms with Gasteiger partial charge in [-0.05, 0) is 51.3 Å². The third kappa shape index (κ3) is 3.69. The molecule has 1 amide bonds. The maximum Gasteiger partial charge on any atom is 0.256 e. The predicted octanol–water partition coefficient (Wildman–Crippen LogP) is 3.15. The van der Waals surface area contributed by atoms with E-state index in [9.17, 15) is 4.79 Å². The van der Waals surface area contributed by atoms with Gasteiger partial charge in [0.15, 0.2) is 24.0 Å². The van der Waals surface area contributed by atoms with Crippen LogP contribution in [0.4, 0.5) is 5.69 Å². The number of nitrogens with one attached hydrogen (secondary N) is 1. The average Bonchev–Trinajstić information content (AvgIpc) is 3.08. The van der Waals surface area contributed by atoms with Crippen LogP contribution < -0.4 is 5.32 Å². The highest BCUT2D eigenvalue weighted by Gasteiger charge is 2.62. The van der Waals surface area contributed by atoms with Crippen molar-refractivity contribution in [1.29, 1.82) is 0 Å². The summed E-state index contributed by atoms with van der Waals surface area (Å²) in [5.74, 6) is -1.51. The third-order valence-electron chi connectivity index (χ3n) is 5.26. The summed E-state index contributed by atoms with van der Waals surface area (Å²) in [7, 11) is 0. The van der Waals surface area contributed by atoms with Gasteiger partial charge in [0.05, 0.1) is 0 Å². The molecule has 5 atom stereocenters. The highest BCUT2D eigenvalue weighted by molar-refractivity contribution is 5.94. The van der Waals surface area contributed by atoms with Crippen LogP contribution in [-0.4, -0.2) is 48.2 Å². The van der Waals surface area contributed by atoms with Crippen LogP contribution in [0.15, 0.2) is 24.3 Å². The van der Waals surface area contributed by atoms with Crippen molar-refractivity contribution in [1.82, 2.24) is 0 Å². The molecule has 0 saturated carbocycles. The molecule has 0 unspecified atom stereocenters. The lowest BCUT2D eigenvalue weighted by Crippen LogP contribution is -2.58. The first-order valence-electron chi connectivity index (χ1n) is 9.82. The van der Waals surface area contributed by atoms with Crippen LogP contribution in [0.25, 0.3) is 0 Å². The highest BCUT2D eigenvalue weighted by Crippen LogP contribution is 2.44. The molecule has 1 aromatic carbocycles. The first-order valence-corrected chi connectivity index (χ1v) is 9.82. The van der Waals surface area contributed by atoms with Gasteiger partial charge >= 0.3 is 0 Å². The molecule has 3 saturated heterocycles. The fourth-order valence-electron chi connectivity index (χ4n) is 3.99. The van der Waals surface area contributed by atoms with Gasteiger partial charge in [-0.1, -0.05) is 26.0 Å². The predicted molar refractivity (Wildman–Crippen MR) is 102 cm³/mol. The molecule has 28 heavy (non-hydrogen) atoms. The lowest BCUT2D eigenvalue weighted by molar-refractivity contribution is -0.229. The molecule has 0 aliphatic carbocycles. The maximum absolute atomic E-state index is 13.0. The van der Waals surface area contributed by atoms with Gasteiger partial charge < -0.3 is 29.0 Å². The zero-order chi connectivity index (χ0) is 20.3. The van der Waals surface area contributed by atoms with E-state index in [0.29, 0.717) is 11.6 Å². The van der Waals surface area contributed by atoms with Crippen LogP contribution in [0.3, 0.4) is 0 Å². The Kier molecular flexibility index (Phi) is 4.79. The van der Waals surface area contributed by atoms with Gasteiger partial charge in [-0.2, -0.15) is 0 Å². The lowest BCUT2D eigenvalue weighted by Gasteiger charge is -2.36. The minimum absolute atomic E-state index is 0.291. The standard InChI is InChI=1S/C21H29NO6/c1-11(2)12-7-9-13(10-8-12)22-18(23)16-14-15(26-20(3,4)25-14)17-19(24-16)28-21(5,6)27-17/h7-11,14-17,19H,1-6H3,(H,22,23)/t14-,15-,16-,17+,19-/m0/s1. The molecule has 7 heteroatoms. The summed E-state index contributed by atoms with van der Waals surface area (Å²) in [6.45, 7) is 11.5. The van der Waals surface area contributed by atoms with Crippen LogP contribution in [0.2, 0.25) is 0 Å². The number of amides is 1. The minimum Gasteiger partial charge on any atom is -0.342 e. The van der Waals surface area contributed by atoms with Crippen LogP contribution >= 0.6 is 0 Å². The molecule has 154 valence electrons. The molecule has 4 rings (SSSR count). The van der Waals surface area contributed by atoms with Crippen molar-refractivity contribution in [2.24, 2.45) is 0 Å². The van der Waals surface area contributed by atoms with Crippen LogP contribution in [0.5, 0.6) is 0 Å². The summed E-state index contributed by atoms with van der Waals surface area (Å²) in [4.78, 5) is 13.0. The van der Waals surface area contributed by atoms with E-state index in [-0.39, 0.29) is 5.91 Å². The largest absolute Gasteiger partial charge is 0.342 e. The van der Waals surface area contributed by atoms with E-state index >= 15 is 0 Å². The van der Waals surface area contributed by atoms with Crippen molar-refractivity contribution < 1.29 is 28.5 Å². The Hall–Kier alpha value is -1.51. The zero-order valence-corrected chi connectivity index (χ0v) is 17.2. The molecule has 3 fully saturated rings. The number of carbonyl (C=O) groups is 1. The Labute approximate surface area is 165 Å². The fraction of sp³-hybridized carbons (Fsp3) is 0.667. The van der Waals surface area contributed by atoms with Crippen LogP contribution in [0.1, 0.15) is 53.0 Å². The number of carbonyl (C=O) groups excluding carboxylic acids is 1. The van der Waals surface area contributed by atoms with E-state index < -0.39 is 42.3 Å². The van der Waals surface area contributed by atoms with Crippen molar-refractivity contribution in [3.63, 3.8) is 0 Å². The van der Waals surface area contributed by atoms with Crippen molar-refractivity contribution in [3.8, 4) is 0 Å². The number of ether oxygens (including phenoxy) is 5. The first-order chi connectivity index (χ1) is 13.0. The van der Waals surface area contributed by atoms with Crippen LogP contribution in [-0.2, 0) is 28.5 Å². The Bertz CT molecular complexity index is 744. The van der Waals surface area contributed by atoms with Crippen LogP contribution in [0, 0.1) is 0 Å². The van der Waals surface area contributed by atoms with E-state index in [1.807, 2.05) is 52.0 Å². The third-order valence-corrected chi connectivity index (χ3v) is 5.26. The van der Waals surface area contributed by atoms with Crippen molar-refractivity contribution in [2.75, 3.05) is 5.32 Å². The Balaban J connectivity index is 1.53. The topological polar surface area (TPSA) is 75.3 Å². The highest BCUT2D eigenvalue weighted by atomic mass is 16.9. The molecule has 0 bridgehead atoms. The summed E-state index contributed by atoms with van der Waals surface area (Å²) < 4.78 is 29.8. The number of hydrogen-bond acceptors (Lipinski definition) is 6. The zero-order valence-electron chi connectivity index (χ0n) is 17.2. The molecule has 1 aromatic rings. The number of anilines is 1. The van der Waals surface area contributed by atoms with Crippen molar-refractivity contribution in [2.45, 2.75) is 89.7 Å². The van der Waals surface area contributed by atoms with E-state index in [1.165, 1.54) is 5.56 Å². The molecule has 3 aliphatic heterocycles. The summed E-state index contributed by atoms with van der Waals surface area (Å²) in [6, 6.07) is 7.81. The van der Waals surface area contributed by atoms with Gasteiger partial charge in [0.25, 0.3) is 5.91 Å². The monoisotopic (exact) mass is 391 g/mol. The second kappa shape index (κ2) is 6.78. The van der Waals surface area contributed by atoms with Gasteiger partial charge in [0, 0.05) is 5.69 Å². The van der Waals surface area contributed by atoms with E-state index in [1.54, 1.807) is 0 Å². The number of fused-ring (bicyclic) bond motifs is 3. The van der Waals surface area contributed by atoms with Crippen molar-refractivity contribution >= 4 is 11.6 Å². The Morgan fingerprint density at radius 3 is 2.11 bits per heavy atom. The van der Waals surface area contributed by atoms with E-state index in [4.69, 9.17) is 23.7 Å². The maximum atomic E-state index is 13.0. The summed E-state index contributed by atoms with van der Waals surface area (Å²) in [5.41, 5.74) is 1.92. The number of hydrogen-bond donors (Lipinski definition) is 1. The smallest absolute Gasteiger partial charge is 0.256 e. The van der Waals surface area contributed by atoms with Gasteiger partial charge in [0.2, 0.25) is 0 Å². The molecule has 1 N–H and O–H groups in total. The molecule has 0 aromatic heterocycles. The van der Waals surface area contributed by atoms with Gasteiger partial charge in [-0.25, -0.2) is 0 Å². The summed E-state index contributed by atoms with van der Waals surface area (Å²) >= 11 is 0. The Morgan fingerprint density at radius 1 is 0.893 bits per heavy atom. The number of rotatable bonds is 3. The van der Waals surface area contributed by atoms with Gasteiger partial charge in [0.1, 0.15) is 18.3 Å². The second-order valence-corrected chi connectivity index (χ2v) is 8.86. The second-order valence-electron chi connectivity index (χ2n) is 8.86. The average molecular weight is 391 g/mol. The molecular formula is C21H29NO6. The minimum atomic E-state index is -0.865. The molecular weight excluding hydrogens is 362 g/mol. The first kappa shape index (κ1) is 19.8. The number of benzene rings is 1. The summed E-state index contributed by atoms with van der Waals surface area (Å²) in [5, 5.41) is 2.92. The summed E-state index contributed by atoms with van der Waals surface area (Å²) in [6.07, 6.45) is -3.03. The fourth-order valence-corrected chi connectivity index (χ4v) is 3.99. The SMILES string of the molecule is CC(C)c1ccc(NC(=O)[C@H]2O[C@H]3OC(C)(C)O[C@@H]3[C@H]3OC(C)(C)O[C@@H]32)cc1. The van der Waals surface area contributed by atoms with Gasteiger partial charge in [-0.3, -0.25) is 4.79 Å². The molecule has 0 spiro atoms. The lowest BCUT2D eigenvalue weighted by atomic mass is 9.98. The van der Waals surface area contributed by atoms with E-state index in [0.717, 1.165) is 0 Å². The Morgan fingerprint density at radius 2 is 1.46 bits per heavy atom. The molecule has 7 nitrogen and oxygen atoms in total. The van der Waals surface area contributed by atoms with Gasteiger partial charge in [-0.15, -0.1) is 0 Å². The van der Waals surface area contributed by atoms with E-state index in [2.05, 4.69) is 19.2 Å².